The smallest absolute Gasteiger partial charge is 0.252 e. The molecule has 50 heavy (non-hydrogen) atoms. The van der Waals surface area contributed by atoms with Crippen LogP contribution in [-0.2, 0) is 25.6 Å². The molecule has 2 aromatic rings. The zero-order chi connectivity index (χ0) is 37.2. The summed E-state index contributed by atoms with van der Waals surface area (Å²) >= 11 is 0. The van der Waals surface area contributed by atoms with E-state index in [1.807, 2.05) is 71.9 Å². The maximum atomic E-state index is 13.7. The summed E-state index contributed by atoms with van der Waals surface area (Å²) in [5.41, 5.74) is 1.22. The molecule has 1 aromatic carbocycles. The van der Waals surface area contributed by atoms with Crippen LogP contribution in [0.5, 0.6) is 0 Å². The third-order valence-corrected chi connectivity index (χ3v) is 8.22. The van der Waals surface area contributed by atoms with E-state index < -0.39 is 36.0 Å². The van der Waals surface area contributed by atoms with E-state index in [1.54, 1.807) is 6.92 Å². The molecule has 0 spiro atoms. The lowest BCUT2D eigenvalue weighted by molar-refractivity contribution is -0.605. The fourth-order valence-corrected chi connectivity index (χ4v) is 5.43. The van der Waals surface area contributed by atoms with Gasteiger partial charge in [-0.25, -0.2) is 0 Å². The Morgan fingerprint density at radius 2 is 1.36 bits per heavy atom. The normalized spacial score (nSPS) is 14.2. The number of nitrogens with zero attached hydrogens (tertiary/aromatic N) is 1. The second-order valence-corrected chi connectivity index (χ2v) is 13.4. The van der Waals surface area contributed by atoms with E-state index in [0.29, 0.717) is 37.0 Å². The van der Waals surface area contributed by atoms with Crippen molar-refractivity contribution in [1.29, 1.82) is 0 Å². The molecule has 0 bridgehead atoms. The van der Waals surface area contributed by atoms with Crippen LogP contribution in [0.15, 0.2) is 54.9 Å². The molecule has 1 heterocycles. The largest absolute Gasteiger partial charge is 0.619 e. The molecule has 1 aromatic heterocycles. The molecule has 276 valence electrons. The van der Waals surface area contributed by atoms with Gasteiger partial charge in [0.25, 0.3) is 5.91 Å². The Kier molecular flexibility index (Phi) is 17.9. The Balaban J connectivity index is 2.14. The summed E-state index contributed by atoms with van der Waals surface area (Å²) in [4.78, 5) is 65.9. The Bertz CT molecular complexity index is 1370. The van der Waals surface area contributed by atoms with E-state index in [-0.39, 0.29) is 54.1 Å². The molecule has 6 N–H and O–H groups in total. The molecule has 0 unspecified atom stereocenters. The first-order chi connectivity index (χ1) is 23.7. The van der Waals surface area contributed by atoms with Gasteiger partial charge in [-0.3, -0.25) is 24.0 Å². The van der Waals surface area contributed by atoms with Gasteiger partial charge in [0.15, 0.2) is 12.4 Å². The lowest BCUT2D eigenvalue weighted by Gasteiger charge is -2.28. The lowest BCUT2D eigenvalue weighted by atomic mass is 10.0. The molecular weight excluding hydrogens is 638 g/mol. The molecule has 13 nitrogen and oxygen atoms in total. The standard InChI is InChI=1S/C37H57N7O6/c1-8-13-30(35(47)40-29(22-24(3)4)23-39-26(7)33(45)43-32(25(5)6)37(49)38-9-2)42-36(48)31(17-16-27-14-11-10-12-15-27)41-34(46)28-18-20-44(50)21-19-28/h10-12,14-15,18-21,24-26,29-32,39H,8-9,13,16-17,22-23H2,1-7H3,(H,38,49)(H,40,47)(H,41,46)(H,42,48)(H,43,45)/t26-,29-,30-,31-,32-/m0/s1. The van der Waals surface area contributed by atoms with E-state index in [9.17, 15) is 29.2 Å². The molecule has 5 atom stereocenters. The van der Waals surface area contributed by atoms with Crippen molar-refractivity contribution in [2.24, 2.45) is 11.8 Å². The number of carbonyl (C=O) groups is 5. The Morgan fingerprint density at radius 1 is 0.740 bits per heavy atom. The minimum absolute atomic E-state index is 0.105. The minimum atomic E-state index is -0.948. The highest BCUT2D eigenvalue weighted by molar-refractivity contribution is 5.98. The predicted molar refractivity (Wildman–Crippen MR) is 193 cm³/mol. The maximum absolute atomic E-state index is 13.7. The summed E-state index contributed by atoms with van der Waals surface area (Å²) in [5.74, 6) is -1.82. The highest BCUT2D eigenvalue weighted by atomic mass is 16.5. The topological polar surface area (TPSA) is 184 Å². The average Bonchev–Trinajstić information content (AvgIpc) is 3.07. The molecule has 0 fully saturated rings. The van der Waals surface area contributed by atoms with E-state index in [4.69, 9.17) is 0 Å². The Hall–Kier alpha value is -4.52. The SMILES string of the molecule is CCC[C@H](NC(=O)[C@H](CCc1ccccc1)NC(=O)c1cc[n+]([O-])cc1)C(=O)N[C@H](CN[C@@H](C)C(=O)N[C@H](C(=O)NCC)C(C)C)CC(C)C. The second kappa shape index (κ2) is 21.5. The monoisotopic (exact) mass is 695 g/mol. The van der Waals surface area contributed by atoms with Crippen molar-refractivity contribution in [3.63, 3.8) is 0 Å². The van der Waals surface area contributed by atoms with Crippen molar-refractivity contribution in [2.45, 2.75) is 111 Å². The van der Waals surface area contributed by atoms with Crippen molar-refractivity contribution in [2.75, 3.05) is 13.1 Å². The number of likely N-dealkylation sites (N-methyl/N-ethyl adjacent to an activating group) is 1. The van der Waals surface area contributed by atoms with Crippen molar-refractivity contribution in [3.8, 4) is 0 Å². The van der Waals surface area contributed by atoms with Gasteiger partial charge >= 0.3 is 0 Å². The lowest BCUT2D eigenvalue weighted by Crippen LogP contribution is -2.57. The van der Waals surface area contributed by atoms with E-state index in [0.717, 1.165) is 5.56 Å². The summed E-state index contributed by atoms with van der Waals surface area (Å²) < 4.78 is 0.568. The zero-order valence-corrected chi connectivity index (χ0v) is 30.6. The first-order valence-electron chi connectivity index (χ1n) is 17.7. The number of pyridine rings is 1. The quantitative estimate of drug-likeness (QED) is 0.0854. The first-order valence-corrected chi connectivity index (χ1v) is 17.7. The molecular formula is C37H57N7O6. The zero-order valence-electron chi connectivity index (χ0n) is 30.6. The van der Waals surface area contributed by atoms with Crippen LogP contribution >= 0.6 is 0 Å². The van der Waals surface area contributed by atoms with Gasteiger partial charge in [-0.15, -0.1) is 0 Å². The maximum Gasteiger partial charge on any atom is 0.252 e. The van der Waals surface area contributed by atoms with Crippen molar-refractivity contribution in [3.05, 3.63) is 71.2 Å². The molecule has 5 amide bonds. The predicted octanol–water partition coefficient (Wildman–Crippen LogP) is 2.12. The van der Waals surface area contributed by atoms with Gasteiger partial charge in [-0.1, -0.05) is 71.4 Å². The Morgan fingerprint density at radius 3 is 1.94 bits per heavy atom. The van der Waals surface area contributed by atoms with Crippen molar-refractivity contribution >= 4 is 29.5 Å². The van der Waals surface area contributed by atoms with Gasteiger partial charge in [-0.2, -0.15) is 4.73 Å². The number of amides is 5. The van der Waals surface area contributed by atoms with Gasteiger partial charge in [-0.05, 0) is 56.9 Å². The van der Waals surface area contributed by atoms with Crippen LogP contribution in [0.1, 0.15) is 90.1 Å². The average molecular weight is 696 g/mol. The number of nitrogens with one attached hydrogen (secondary N) is 6. The number of carbonyl (C=O) groups excluding carboxylic acids is 5. The van der Waals surface area contributed by atoms with E-state index in [2.05, 4.69) is 31.9 Å². The summed E-state index contributed by atoms with van der Waals surface area (Å²) in [6.07, 6.45) is 4.81. The summed E-state index contributed by atoms with van der Waals surface area (Å²) in [6, 6.07) is 8.85. The first kappa shape index (κ1) is 41.7. The van der Waals surface area contributed by atoms with Crippen LogP contribution < -0.4 is 36.6 Å². The second-order valence-electron chi connectivity index (χ2n) is 13.4. The van der Waals surface area contributed by atoms with Crippen LogP contribution in [0.2, 0.25) is 0 Å². The van der Waals surface area contributed by atoms with Crippen LogP contribution in [0.3, 0.4) is 0 Å². The molecule has 0 saturated carbocycles. The third-order valence-electron chi connectivity index (χ3n) is 8.22. The Labute approximate surface area is 296 Å². The van der Waals surface area contributed by atoms with Gasteiger partial charge in [0.1, 0.15) is 18.1 Å². The molecule has 2 rings (SSSR count). The summed E-state index contributed by atoms with van der Waals surface area (Å²) in [7, 11) is 0. The molecule has 0 aliphatic carbocycles. The van der Waals surface area contributed by atoms with E-state index in [1.165, 1.54) is 24.5 Å². The minimum Gasteiger partial charge on any atom is -0.619 e. The van der Waals surface area contributed by atoms with Gasteiger partial charge in [0.2, 0.25) is 23.6 Å². The van der Waals surface area contributed by atoms with Crippen molar-refractivity contribution < 1.29 is 28.7 Å². The van der Waals surface area contributed by atoms with E-state index >= 15 is 0 Å². The molecule has 0 aliphatic rings. The number of benzene rings is 1. The number of hydrogen-bond donors (Lipinski definition) is 6. The molecule has 0 radical (unpaired) electrons. The number of aromatic nitrogens is 1. The third kappa shape index (κ3) is 14.5. The van der Waals surface area contributed by atoms with Crippen LogP contribution in [0, 0.1) is 17.0 Å². The highest BCUT2D eigenvalue weighted by Crippen LogP contribution is 2.10. The molecule has 0 saturated heterocycles. The highest BCUT2D eigenvalue weighted by Gasteiger charge is 2.29. The van der Waals surface area contributed by atoms with Gasteiger partial charge < -0.3 is 37.1 Å². The van der Waals surface area contributed by atoms with Crippen LogP contribution in [0.4, 0.5) is 0 Å². The summed E-state index contributed by atoms with van der Waals surface area (Å²) in [6.45, 7) is 14.0. The van der Waals surface area contributed by atoms with Gasteiger partial charge in [0.05, 0.1) is 11.6 Å². The van der Waals surface area contributed by atoms with Gasteiger partial charge in [0, 0.05) is 31.3 Å². The fourth-order valence-electron chi connectivity index (χ4n) is 5.43. The van der Waals surface area contributed by atoms with Crippen molar-refractivity contribution in [1.82, 2.24) is 31.9 Å². The number of rotatable bonds is 21. The molecule has 13 heteroatoms. The molecule has 0 aliphatic heterocycles. The van der Waals surface area contributed by atoms with Crippen LogP contribution in [-0.4, -0.2) is 72.8 Å². The number of hydrogen-bond acceptors (Lipinski definition) is 7. The summed E-state index contributed by atoms with van der Waals surface area (Å²) in [5, 5.41) is 29.0. The number of aryl methyl sites for hydroxylation is 1. The fraction of sp³-hybridized carbons (Fsp3) is 0.568. The van der Waals surface area contributed by atoms with Crippen LogP contribution in [0.25, 0.3) is 0 Å².